The molecule has 1 heterocycles. The lowest BCUT2D eigenvalue weighted by Crippen LogP contribution is -2.65. The number of benzene rings is 2. The predicted octanol–water partition coefficient (Wildman–Crippen LogP) is 6.02. The standard InChI is InChI=1S/C42H62BN3O7/c1-29(2)22-38(43-52-37-24-34-23-36(41(34,4)5)42(37,6)53-43)46-40(49)35(45-30(3)47)19-20-39(48)44-21-13-18-33(27-50-25-31-14-9-7-10-15-31)28-51-26-32-16-11-8-12-17-32/h7-12,14-17,29,33-38H,13,18-28H2,1-6H3,(H,44,48)(H,45,47)(H,46,49)/t34-,35-,36-,37+,38-,42-/m0/s1. The predicted molar refractivity (Wildman–Crippen MR) is 206 cm³/mol. The van der Waals surface area contributed by atoms with E-state index in [4.69, 9.17) is 18.8 Å². The summed E-state index contributed by atoms with van der Waals surface area (Å²) in [5.74, 6) is 0.296. The zero-order valence-electron chi connectivity index (χ0n) is 32.7. The Balaban J connectivity index is 1.08. The Bertz CT molecular complexity index is 1430. The molecule has 3 aliphatic carbocycles. The number of amides is 3. The van der Waals surface area contributed by atoms with E-state index in [0.717, 1.165) is 36.8 Å². The summed E-state index contributed by atoms with van der Waals surface area (Å²) in [5, 5.41) is 8.93. The first-order valence-corrected chi connectivity index (χ1v) is 19.8. The summed E-state index contributed by atoms with van der Waals surface area (Å²) < 4.78 is 25.4. The Morgan fingerprint density at radius 2 is 1.51 bits per heavy atom. The maximum Gasteiger partial charge on any atom is 0.481 e. The highest BCUT2D eigenvalue weighted by Crippen LogP contribution is 2.65. The molecule has 6 atom stereocenters. The minimum absolute atomic E-state index is 0.00425. The van der Waals surface area contributed by atoms with E-state index in [1.807, 2.05) is 60.7 Å². The van der Waals surface area contributed by atoms with Gasteiger partial charge >= 0.3 is 7.12 Å². The van der Waals surface area contributed by atoms with Crippen molar-refractivity contribution in [2.75, 3.05) is 19.8 Å². The molecule has 0 radical (unpaired) electrons. The van der Waals surface area contributed by atoms with Crippen LogP contribution in [-0.4, -0.2) is 68.3 Å². The van der Waals surface area contributed by atoms with Crippen molar-refractivity contribution < 1.29 is 33.2 Å². The maximum atomic E-state index is 13.7. The molecule has 0 spiro atoms. The fraction of sp³-hybridized carbons (Fsp3) is 0.643. The quantitative estimate of drug-likeness (QED) is 0.106. The van der Waals surface area contributed by atoms with E-state index in [2.05, 4.69) is 50.6 Å². The van der Waals surface area contributed by atoms with Crippen LogP contribution in [0.1, 0.15) is 97.6 Å². The van der Waals surface area contributed by atoms with Gasteiger partial charge in [-0.25, -0.2) is 0 Å². The van der Waals surface area contributed by atoms with Crippen molar-refractivity contribution in [3.63, 3.8) is 0 Å². The van der Waals surface area contributed by atoms with Gasteiger partial charge in [-0.1, -0.05) is 88.4 Å². The van der Waals surface area contributed by atoms with Gasteiger partial charge in [-0.3, -0.25) is 14.4 Å². The average molecular weight is 732 g/mol. The van der Waals surface area contributed by atoms with Crippen LogP contribution in [-0.2, 0) is 46.4 Å². The van der Waals surface area contributed by atoms with E-state index in [1.54, 1.807) is 0 Å². The molecular weight excluding hydrogens is 669 g/mol. The summed E-state index contributed by atoms with van der Waals surface area (Å²) in [6.07, 6.45) is 4.65. The lowest BCUT2D eigenvalue weighted by molar-refractivity contribution is -0.199. The van der Waals surface area contributed by atoms with Crippen molar-refractivity contribution in [2.45, 2.75) is 123 Å². The van der Waals surface area contributed by atoms with Crippen molar-refractivity contribution in [2.24, 2.45) is 29.1 Å². The average Bonchev–Trinajstić information content (AvgIpc) is 3.49. The molecule has 6 rings (SSSR count). The van der Waals surface area contributed by atoms with Gasteiger partial charge in [0.05, 0.1) is 44.1 Å². The zero-order chi connectivity index (χ0) is 38.0. The Morgan fingerprint density at radius 3 is 2.08 bits per heavy atom. The third-order valence-electron chi connectivity index (χ3n) is 11.7. The van der Waals surface area contributed by atoms with Crippen molar-refractivity contribution >= 4 is 24.8 Å². The highest BCUT2D eigenvalue weighted by molar-refractivity contribution is 6.48. The molecule has 53 heavy (non-hydrogen) atoms. The Kier molecular flexibility index (Phi) is 14.6. The second-order valence-corrected chi connectivity index (χ2v) is 16.7. The van der Waals surface area contributed by atoms with Crippen LogP contribution in [0.4, 0.5) is 0 Å². The van der Waals surface area contributed by atoms with Gasteiger partial charge in [0.25, 0.3) is 0 Å². The molecule has 11 heteroatoms. The van der Waals surface area contributed by atoms with E-state index in [9.17, 15) is 14.4 Å². The van der Waals surface area contributed by atoms with Gasteiger partial charge in [-0.05, 0) is 79.7 Å². The van der Waals surface area contributed by atoms with Gasteiger partial charge in [0.2, 0.25) is 17.7 Å². The van der Waals surface area contributed by atoms with Gasteiger partial charge < -0.3 is 34.7 Å². The smallest absolute Gasteiger partial charge is 0.404 e. The number of carbonyl (C=O) groups is 3. The molecule has 2 aromatic rings. The van der Waals surface area contributed by atoms with Crippen LogP contribution in [0.25, 0.3) is 0 Å². The number of carbonyl (C=O) groups excluding carboxylic acids is 3. The molecule has 3 amide bonds. The molecule has 4 aliphatic rings. The highest BCUT2D eigenvalue weighted by atomic mass is 16.7. The Morgan fingerprint density at radius 1 is 0.887 bits per heavy atom. The van der Waals surface area contributed by atoms with Crippen molar-refractivity contribution in [1.29, 1.82) is 0 Å². The normalized spacial score (nSPS) is 23.9. The molecule has 2 bridgehead atoms. The van der Waals surface area contributed by atoms with E-state index < -0.39 is 13.2 Å². The zero-order valence-corrected chi connectivity index (χ0v) is 32.7. The lowest BCUT2D eigenvalue weighted by atomic mass is 9.43. The fourth-order valence-electron chi connectivity index (χ4n) is 8.65. The molecule has 3 saturated carbocycles. The maximum absolute atomic E-state index is 13.7. The second-order valence-electron chi connectivity index (χ2n) is 16.7. The molecule has 1 saturated heterocycles. The van der Waals surface area contributed by atoms with Crippen molar-refractivity contribution in [1.82, 2.24) is 16.0 Å². The van der Waals surface area contributed by atoms with E-state index >= 15 is 0 Å². The molecule has 2 aromatic carbocycles. The molecule has 1 aliphatic heterocycles. The van der Waals surface area contributed by atoms with Crippen molar-refractivity contribution in [3.05, 3.63) is 71.8 Å². The summed E-state index contributed by atoms with van der Waals surface area (Å²) in [7, 11) is -0.566. The van der Waals surface area contributed by atoms with Crippen molar-refractivity contribution in [3.8, 4) is 0 Å². The topological polar surface area (TPSA) is 124 Å². The summed E-state index contributed by atoms with van der Waals surface area (Å²) in [4.78, 5) is 38.8. The highest BCUT2D eigenvalue weighted by Gasteiger charge is 2.68. The molecular formula is C42H62BN3O7. The van der Waals surface area contributed by atoms with Gasteiger partial charge in [0.15, 0.2) is 0 Å². The van der Waals surface area contributed by atoms with Gasteiger partial charge in [0.1, 0.15) is 6.04 Å². The first-order chi connectivity index (χ1) is 25.3. The molecule has 290 valence electrons. The molecule has 0 unspecified atom stereocenters. The first kappa shape index (κ1) is 40.9. The minimum atomic E-state index is -0.855. The number of nitrogens with one attached hydrogen (secondary N) is 3. The van der Waals surface area contributed by atoms with Crippen LogP contribution < -0.4 is 16.0 Å². The van der Waals surface area contributed by atoms with Crippen LogP contribution in [0.5, 0.6) is 0 Å². The number of hydrogen-bond donors (Lipinski definition) is 3. The molecule has 4 fully saturated rings. The molecule has 0 aromatic heterocycles. The van der Waals surface area contributed by atoms with Gasteiger partial charge in [-0.2, -0.15) is 0 Å². The van der Waals surface area contributed by atoms with Crippen LogP contribution >= 0.6 is 0 Å². The number of rotatable bonds is 21. The Hall–Kier alpha value is -3.25. The second kappa shape index (κ2) is 18.9. The molecule has 3 N–H and O–H groups in total. The monoisotopic (exact) mass is 731 g/mol. The third kappa shape index (κ3) is 11.2. The van der Waals surface area contributed by atoms with Crippen LogP contribution in [0.15, 0.2) is 60.7 Å². The van der Waals surface area contributed by atoms with Crippen LogP contribution in [0.3, 0.4) is 0 Å². The lowest BCUT2D eigenvalue weighted by Gasteiger charge is -2.64. The largest absolute Gasteiger partial charge is 0.481 e. The van der Waals surface area contributed by atoms with E-state index in [0.29, 0.717) is 51.2 Å². The minimum Gasteiger partial charge on any atom is -0.404 e. The SMILES string of the molecule is CC(=O)N[C@@H](CCC(=O)NCCCC(COCc1ccccc1)COCc1ccccc1)C(=O)N[C@@H](CC(C)C)B1O[C@@H]2C[C@@H]3C[C@@H](C3(C)C)[C@]2(C)O1. The Labute approximate surface area is 317 Å². The van der Waals surface area contributed by atoms with E-state index in [-0.39, 0.29) is 65.5 Å². The third-order valence-corrected chi connectivity index (χ3v) is 11.7. The van der Waals surface area contributed by atoms with E-state index in [1.165, 1.54) is 6.92 Å². The molecule has 10 nitrogen and oxygen atoms in total. The first-order valence-electron chi connectivity index (χ1n) is 19.8. The number of hydrogen-bond acceptors (Lipinski definition) is 7. The fourth-order valence-corrected chi connectivity index (χ4v) is 8.65. The number of ether oxygens (including phenoxy) is 2. The van der Waals surface area contributed by atoms with Crippen LogP contribution in [0.2, 0.25) is 0 Å². The van der Waals surface area contributed by atoms with Gasteiger partial charge in [0, 0.05) is 25.8 Å². The van der Waals surface area contributed by atoms with Gasteiger partial charge in [-0.15, -0.1) is 0 Å². The summed E-state index contributed by atoms with van der Waals surface area (Å²) in [5.41, 5.74) is 2.08. The summed E-state index contributed by atoms with van der Waals surface area (Å²) in [6.45, 7) is 15.1. The summed E-state index contributed by atoms with van der Waals surface area (Å²) >= 11 is 0. The summed E-state index contributed by atoms with van der Waals surface area (Å²) in [6, 6.07) is 19.3. The van der Waals surface area contributed by atoms with Crippen LogP contribution in [0, 0.1) is 29.1 Å².